The second-order valence-corrected chi connectivity index (χ2v) is 5.44. The van der Waals surface area contributed by atoms with E-state index in [1.807, 2.05) is 30.8 Å². The third-order valence-electron chi connectivity index (χ3n) is 2.84. The van der Waals surface area contributed by atoms with Crippen LogP contribution in [0.1, 0.15) is 28.8 Å². The van der Waals surface area contributed by atoms with Crippen molar-refractivity contribution in [2.24, 2.45) is 0 Å². The van der Waals surface area contributed by atoms with E-state index in [0.717, 1.165) is 43.5 Å². The quantitative estimate of drug-likeness (QED) is 0.754. The number of aldehydes is 1. The lowest BCUT2D eigenvalue weighted by atomic mass is 10.1. The largest absolute Gasteiger partial charge is 0.381 e. The molecule has 1 aromatic carbocycles. The molecular weight excluding hydrogens is 220 g/mol. The summed E-state index contributed by atoms with van der Waals surface area (Å²) < 4.78 is 5.34. The molecule has 0 bridgehead atoms. The summed E-state index contributed by atoms with van der Waals surface area (Å²) in [6.45, 7) is 3.74. The van der Waals surface area contributed by atoms with Crippen LogP contribution in [0.2, 0.25) is 0 Å². The fourth-order valence-electron chi connectivity index (χ4n) is 1.84. The third-order valence-corrected chi connectivity index (χ3v) is 4.17. The molecule has 1 aliphatic rings. The average Bonchev–Trinajstić information content (AvgIpc) is 2.31. The van der Waals surface area contributed by atoms with Crippen molar-refractivity contribution in [2.45, 2.75) is 29.9 Å². The Labute approximate surface area is 100 Å². The van der Waals surface area contributed by atoms with Crippen LogP contribution >= 0.6 is 11.8 Å². The molecule has 1 saturated heterocycles. The smallest absolute Gasteiger partial charge is 0.150 e. The first-order chi connectivity index (χ1) is 7.79. The summed E-state index contributed by atoms with van der Waals surface area (Å²) in [7, 11) is 0. The van der Waals surface area contributed by atoms with Gasteiger partial charge in [0.25, 0.3) is 0 Å². The Morgan fingerprint density at radius 1 is 1.38 bits per heavy atom. The van der Waals surface area contributed by atoms with E-state index in [1.165, 1.54) is 4.90 Å². The van der Waals surface area contributed by atoms with Gasteiger partial charge in [0.1, 0.15) is 6.29 Å². The van der Waals surface area contributed by atoms with Gasteiger partial charge in [-0.25, -0.2) is 0 Å². The van der Waals surface area contributed by atoms with Gasteiger partial charge in [0.2, 0.25) is 0 Å². The van der Waals surface area contributed by atoms with Crippen molar-refractivity contribution in [1.82, 2.24) is 0 Å². The summed E-state index contributed by atoms with van der Waals surface area (Å²) in [5, 5.41) is 0.662. The first-order valence-corrected chi connectivity index (χ1v) is 6.48. The molecular formula is C13H16O2S. The van der Waals surface area contributed by atoms with Crippen LogP contribution in [0, 0.1) is 6.92 Å². The molecule has 86 valence electrons. The van der Waals surface area contributed by atoms with Crippen LogP contribution in [0.15, 0.2) is 23.1 Å². The maximum Gasteiger partial charge on any atom is 0.150 e. The highest BCUT2D eigenvalue weighted by atomic mass is 32.2. The standard InChI is InChI=1S/C13H16O2S/c1-10-8-13(3-2-11(10)9-14)16-12-4-6-15-7-5-12/h2-3,8-9,12H,4-7H2,1H3. The molecule has 2 rings (SSSR count). The van der Waals surface area contributed by atoms with Gasteiger partial charge in [0.05, 0.1) is 0 Å². The number of carbonyl (C=O) groups is 1. The molecule has 2 nitrogen and oxygen atoms in total. The fourth-order valence-corrected chi connectivity index (χ4v) is 3.04. The summed E-state index contributed by atoms with van der Waals surface area (Å²) in [6.07, 6.45) is 3.16. The molecule has 0 N–H and O–H groups in total. The summed E-state index contributed by atoms with van der Waals surface area (Å²) >= 11 is 1.90. The maximum absolute atomic E-state index is 10.7. The van der Waals surface area contributed by atoms with E-state index in [2.05, 4.69) is 6.07 Å². The van der Waals surface area contributed by atoms with E-state index in [9.17, 15) is 4.79 Å². The van der Waals surface area contributed by atoms with Gasteiger partial charge in [0, 0.05) is 28.9 Å². The molecule has 1 fully saturated rings. The summed E-state index contributed by atoms with van der Waals surface area (Å²) in [6, 6.07) is 6.05. The Morgan fingerprint density at radius 2 is 2.12 bits per heavy atom. The molecule has 16 heavy (non-hydrogen) atoms. The zero-order chi connectivity index (χ0) is 11.4. The molecule has 0 spiro atoms. The predicted octanol–water partition coefficient (Wildman–Crippen LogP) is 3.08. The number of thioether (sulfide) groups is 1. The van der Waals surface area contributed by atoms with Gasteiger partial charge in [0.15, 0.2) is 0 Å². The minimum absolute atomic E-state index is 0.662. The predicted molar refractivity (Wildman–Crippen MR) is 66.3 cm³/mol. The number of hydrogen-bond acceptors (Lipinski definition) is 3. The second kappa shape index (κ2) is 5.51. The zero-order valence-electron chi connectivity index (χ0n) is 9.44. The lowest BCUT2D eigenvalue weighted by molar-refractivity contribution is 0.100. The second-order valence-electron chi connectivity index (χ2n) is 4.07. The number of benzene rings is 1. The zero-order valence-corrected chi connectivity index (χ0v) is 10.3. The highest BCUT2D eigenvalue weighted by molar-refractivity contribution is 8.00. The minimum Gasteiger partial charge on any atom is -0.381 e. The van der Waals surface area contributed by atoms with E-state index in [4.69, 9.17) is 4.74 Å². The van der Waals surface area contributed by atoms with Crippen molar-refractivity contribution in [3.8, 4) is 0 Å². The number of carbonyl (C=O) groups excluding carboxylic acids is 1. The Kier molecular flexibility index (Phi) is 4.02. The molecule has 0 unspecified atom stereocenters. The van der Waals surface area contributed by atoms with Crippen LogP contribution in [-0.4, -0.2) is 24.7 Å². The van der Waals surface area contributed by atoms with Crippen LogP contribution in [0.4, 0.5) is 0 Å². The van der Waals surface area contributed by atoms with Crippen LogP contribution < -0.4 is 0 Å². The number of rotatable bonds is 3. The van der Waals surface area contributed by atoms with Crippen LogP contribution in [0.3, 0.4) is 0 Å². The molecule has 0 amide bonds. The maximum atomic E-state index is 10.7. The summed E-state index contributed by atoms with van der Waals surface area (Å²) in [4.78, 5) is 12.0. The van der Waals surface area contributed by atoms with Crippen LogP contribution in [-0.2, 0) is 4.74 Å². The molecule has 3 heteroatoms. The Hall–Kier alpha value is -0.800. The van der Waals surface area contributed by atoms with Crippen molar-refractivity contribution in [1.29, 1.82) is 0 Å². The molecule has 0 saturated carbocycles. The first kappa shape index (κ1) is 11.7. The SMILES string of the molecule is Cc1cc(SC2CCOCC2)ccc1C=O. The Morgan fingerprint density at radius 3 is 2.75 bits per heavy atom. The van der Waals surface area contributed by atoms with Crippen molar-refractivity contribution in [3.05, 3.63) is 29.3 Å². The van der Waals surface area contributed by atoms with E-state index in [1.54, 1.807) is 0 Å². The molecule has 1 heterocycles. The van der Waals surface area contributed by atoms with Gasteiger partial charge in [-0.05, 0) is 37.5 Å². The van der Waals surface area contributed by atoms with Gasteiger partial charge in [-0.3, -0.25) is 4.79 Å². The highest BCUT2D eigenvalue weighted by Gasteiger charge is 2.15. The van der Waals surface area contributed by atoms with Crippen molar-refractivity contribution in [2.75, 3.05) is 13.2 Å². The van der Waals surface area contributed by atoms with E-state index >= 15 is 0 Å². The lowest BCUT2D eigenvalue weighted by Crippen LogP contribution is -2.17. The average molecular weight is 236 g/mol. The van der Waals surface area contributed by atoms with Crippen LogP contribution in [0.5, 0.6) is 0 Å². The molecule has 0 radical (unpaired) electrons. The molecule has 0 aromatic heterocycles. The normalized spacial score (nSPS) is 17.3. The van der Waals surface area contributed by atoms with Gasteiger partial charge < -0.3 is 4.74 Å². The number of aryl methyl sites for hydroxylation is 1. The lowest BCUT2D eigenvalue weighted by Gasteiger charge is -2.21. The molecule has 1 aromatic rings. The Balaban J connectivity index is 2.03. The number of hydrogen-bond donors (Lipinski definition) is 0. The van der Waals surface area contributed by atoms with Gasteiger partial charge in [-0.1, -0.05) is 6.07 Å². The van der Waals surface area contributed by atoms with E-state index < -0.39 is 0 Å². The van der Waals surface area contributed by atoms with E-state index in [-0.39, 0.29) is 0 Å². The minimum atomic E-state index is 0.662. The first-order valence-electron chi connectivity index (χ1n) is 5.60. The summed E-state index contributed by atoms with van der Waals surface area (Å²) in [5.41, 5.74) is 1.85. The van der Waals surface area contributed by atoms with E-state index in [0.29, 0.717) is 5.25 Å². The monoisotopic (exact) mass is 236 g/mol. The van der Waals surface area contributed by atoms with Crippen LogP contribution in [0.25, 0.3) is 0 Å². The topological polar surface area (TPSA) is 26.3 Å². The van der Waals surface area contributed by atoms with Gasteiger partial charge in [-0.15, -0.1) is 11.8 Å². The van der Waals surface area contributed by atoms with Gasteiger partial charge >= 0.3 is 0 Å². The molecule has 1 aliphatic heterocycles. The van der Waals surface area contributed by atoms with Crippen molar-refractivity contribution < 1.29 is 9.53 Å². The van der Waals surface area contributed by atoms with Crippen molar-refractivity contribution >= 4 is 18.0 Å². The van der Waals surface area contributed by atoms with Gasteiger partial charge in [-0.2, -0.15) is 0 Å². The Bertz CT molecular complexity index is 370. The molecule has 0 atom stereocenters. The third kappa shape index (κ3) is 2.86. The fraction of sp³-hybridized carbons (Fsp3) is 0.462. The summed E-state index contributed by atoms with van der Waals surface area (Å²) in [5.74, 6) is 0. The van der Waals surface area contributed by atoms with Crippen molar-refractivity contribution in [3.63, 3.8) is 0 Å². The number of ether oxygens (including phenoxy) is 1. The molecule has 0 aliphatic carbocycles. The highest BCUT2D eigenvalue weighted by Crippen LogP contribution is 2.30.